The number of pyridine rings is 2. The second-order valence-electron chi connectivity index (χ2n) is 4.72. The van der Waals surface area contributed by atoms with Gasteiger partial charge in [-0.2, -0.15) is 0 Å². The Kier molecular flexibility index (Phi) is 8.98. The smallest absolute Gasteiger partial charge is 0.354 e. The number of benzene rings is 1. The van der Waals surface area contributed by atoms with E-state index < -0.39 is 5.97 Å². The first-order chi connectivity index (χ1) is 12.2. The molecule has 26 heavy (non-hydrogen) atoms. The molecule has 3 rings (SSSR count). The Hall–Kier alpha value is -2.76. The van der Waals surface area contributed by atoms with Crippen LogP contribution in [0.25, 0.3) is 11.3 Å². The SMILES string of the molecule is COc1c[c-]c(-c2ccccn2)c(OC)c1.O=C(O)c1ccccn1.[Ir]. The number of carbonyl (C=O) groups is 1. The van der Waals surface area contributed by atoms with Crippen molar-refractivity contribution >= 4 is 5.97 Å². The molecule has 0 bridgehead atoms. The van der Waals surface area contributed by atoms with E-state index in [1.54, 1.807) is 38.6 Å². The fourth-order valence-electron chi connectivity index (χ4n) is 1.94. The van der Waals surface area contributed by atoms with Gasteiger partial charge in [-0.25, -0.2) is 9.78 Å². The topological polar surface area (TPSA) is 81.5 Å². The van der Waals surface area contributed by atoms with Crippen molar-refractivity contribution in [2.45, 2.75) is 0 Å². The van der Waals surface area contributed by atoms with E-state index >= 15 is 0 Å². The molecule has 0 fully saturated rings. The first-order valence-electron chi connectivity index (χ1n) is 7.35. The molecule has 137 valence electrons. The molecule has 0 atom stereocenters. The van der Waals surface area contributed by atoms with Gasteiger partial charge in [-0.15, -0.1) is 12.1 Å². The van der Waals surface area contributed by atoms with E-state index in [0.717, 1.165) is 17.0 Å². The molecule has 2 aromatic heterocycles. The molecule has 1 aromatic carbocycles. The minimum absolute atomic E-state index is 0. The van der Waals surface area contributed by atoms with Crippen LogP contribution in [0.1, 0.15) is 10.5 Å². The third kappa shape index (κ3) is 5.95. The molecule has 6 nitrogen and oxygen atoms in total. The Labute approximate surface area is 165 Å². The van der Waals surface area contributed by atoms with E-state index in [1.165, 1.54) is 12.3 Å². The Morgan fingerprint density at radius 2 is 1.73 bits per heavy atom. The van der Waals surface area contributed by atoms with Crippen molar-refractivity contribution < 1.29 is 39.5 Å². The van der Waals surface area contributed by atoms with Gasteiger partial charge in [0.25, 0.3) is 0 Å². The van der Waals surface area contributed by atoms with Gasteiger partial charge in [-0.1, -0.05) is 29.8 Å². The molecule has 1 radical (unpaired) electrons. The van der Waals surface area contributed by atoms with Crippen LogP contribution in [0.2, 0.25) is 0 Å². The predicted octanol–water partition coefficient (Wildman–Crippen LogP) is 3.34. The summed E-state index contributed by atoms with van der Waals surface area (Å²) in [6, 6.07) is 17.2. The summed E-state index contributed by atoms with van der Waals surface area (Å²) in [5.74, 6) is 0.435. The fourth-order valence-corrected chi connectivity index (χ4v) is 1.94. The number of nitrogens with zero attached hydrogens (tertiary/aromatic N) is 2. The molecular formula is C19H17IrN2O4-. The van der Waals surface area contributed by atoms with Crippen LogP contribution in [0.5, 0.6) is 11.5 Å². The van der Waals surface area contributed by atoms with Crippen LogP contribution < -0.4 is 9.47 Å². The minimum Gasteiger partial charge on any atom is -0.540 e. The number of ether oxygens (including phenoxy) is 2. The quantitative estimate of drug-likeness (QED) is 0.523. The number of hydrogen-bond donors (Lipinski definition) is 1. The molecular weight excluding hydrogens is 512 g/mol. The summed E-state index contributed by atoms with van der Waals surface area (Å²) in [6.45, 7) is 0. The van der Waals surface area contributed by atoms with Gasteiger partial charge in [0.05, 0.1) is 14.2 Å². The molecule has 0 aliphatic heterocycles. The Balaban J connectivity index is 0.000000290. The predicted molar refractivity (Wildman–Crippen MR) is 92.8 cm³/mol. The van der Waals surface area contributed by atoms with Crippen molar-refractivity contribution in [3.05, 3.63) is 72.7 Å². The van der Waals surface area contributed by atoms with Crippen LogP contribution >= 0.6 is 0 Å². The number of rotatable bonds is 4. The maximum absolute atomic E-state index is 10.1. The van der Waals surface area contributed by atoms with E-state index in [9.17, 15) is 4.79 Å². The molecule has 2 heterocycles. The van der Waals surface area contributed by atoms with Crippen LogP contribution in [0, 0.1) is 6.07 Å². The number of aromatic nitrogens is 2. The molecule has 0 saturated heterocycles. The summed E-state index contributed by atoms with van der Waals surface area (Å²) in [6.07, 6.45) is 3.19. The van der Waals surface area contributed by atoms with E-state index in [4.69, 9.17) is 14.6 Å². The van der Waals surface area contributed by atoms with Crippen LogP contribution in [0.15, 0.2) is 60.9 Å². The normalized spacial score (nSPS) is 9.15. The maximum atomic E-state index is 10.1. The maximum Gasteiger partial charge on any atom is 0.354 e. The Morgan fingerprint density at radius 3 is 2.19 bits per heavy atom. The van der Waals surface area contributed by atoms with Crippen LogP contribution in [-0.4, -0.2) is 35.3 Å². The number of hydrogen-bond acceptors (Lipinski definition) is 5. The summed E-state index contributed by atoms with van der Waals surface area (Å²) in [4.78, 5) is 18.0. The summed E-state index contributed by atoms with van der Waals surface area (Å²) in [7, 11) is 3.23. The number of methoxy groups -OCH3 is 2. The van der Waals surface area contributed by atoms with Crippen molar-refractivity contribution in [1.82, 2.24) is 9.97 Å². The molecule has 3 aromatic rings. The summed E-state index contributed by atoms with van der Waals surface area (Å²) in [5, 5.41) is 8.32. The molecule has 1 N–H and O–H groups in total. The molecule has 0 amide bonds. The van der Waals surface area contributed by atoms with Crippen molar-refractivity contribution in [1.29, 1.82) is 0 Å². The third-order valence-corrected chi connectivity index (χ3v) is 3.14. The molecule has 0 saturated carbocycles. The largest absolute Gasteiger partial charge is 0.540 e. The fraction of sp³-hybridized carbons (Fsp3) is 0.105. The second-order valence-corrected chi connectivity index (χ2v) is 4.72. The Morgan fingerprint density at radius 1 is 1.04 bits per heavy atom. The van der Waals surface area contributed by atoms with Gasteiger partial charge >= 0.3 is 5.97 Å². The second kappa shape index (κ2) is 11.0. The summed E-state index contributed by atoms with van der Waals surface area (Å²) >= 11 is 0. The van der Waals surface area contributed by atoms with Crippen LogP contribution in [0.3, 0.4) is 0 Å². The van der Waals surface area contributed by atoms with E-state index in [1.807, 2.05) is 24.3 Å². The zero-order chi connectivity index (χ0) is 18.1. The summed E-state index contributed by atoms with van der Waals surface area (Å²) < 4.78 is 10.4. The average Bonchev–Trinajstić information content (AvgIpc) is 2.69. The number of carboxylic acid groups (broad SMARTS) is 1. The van der Waals surface area contributed by atoms with E-state index in [0.29, 0.717) is 5.75 Å². The van der Waals surface area contributed by atoms with Gasteiger partial charge in [-0.3, -0.25) is 0 Å². The van der Waals surface area contributed by atoms with Crippen molar-refractivity contribution in [2.24, 2.45) is 0 Å². The van der Waals surface area contributed by atoms with Gasteiger partial charge < -0.3 is 19.6 Å². The van der Waals surface area contributed by atoms with E-state index in [2.05, 4.69) is 16.0 Å². The number of carboxylic acids is 1. The van der Waals surface area contributed by atoms with Gasteiger partial charge in [-0.05, 0) is 23.9 Å². The first kappa shape index (κ1) is 21.3. The first-order valence-corrected chi connectivity index (χ1v) is 7.35. The van der Waals surface area contributed by atoms with Gasteiger partial charge in [0.1, 0.15) is 5.69 Å². The molecule has 0 aliphatic carbocycles. The molecule has 0 spiro atoms. The zero-order valence-electron chi connectivity index (χ0n) is 14.2. The van der Waals surface area contributed by atoms with Crippen molar-refractivity contribution in [3.63, 3.8) is 0 Å². The zero-order valence-corrected chi connectivity index (χ0v) is 16.6. The van der Waals surface area contributed by atoms with Gasteiger partial charge in [0.2, 0.25) is 0 Å². The van der Waals surface area contributed by atoms with Gasteiger partial charge in [0.15, 0.2) is 0 Å². The van der Waals surface area contributed by atoms with Crippen molar-refractivity contribution in [2.75, 3.05) is 14.2 Å². The Bertz CT molecular complexity index is 814. The molecule has 7 heteroatoms. The van der Waals surface area contributed by atoms with Gasteiger partial charge in [0, 0.05) is 44.0 Å². The standard InChI is InChI=1S/C13H12NO2.C6H5NO2.Ir/c1-15-10-6-7-11(13(9-10)16-2)12-5-3-4-8-14-12;8-6(9)5-3-1-2-4-7-5;/h3-6,8-9H,1-2H3;1-4H,(H,8,9);/q-1;;. The number of aromatic carboxylic acids is 1. The van der Waals surface area contributed by atoms with Crippen LogP contribution in [-0.2, 0) is 20.1 Å². The average molecular weight is 530 g/mol. The van der Waals surface area contributed by atoms with Crippen molar-refractivity contribution in [3.8, 4) is 22.8 Å². The van der Waals surface area contributed by atoms with Crippen LogP contribution in [0.4, 0.5) is 0 Å². The van der Waals surface area contributed by atoms with E-state index in [-0.39, 0.29) is 25.8 Å². The molecule has 0 unspecified atom stereocenters. The third-order valence-electron chi connectivity index (χ3n) is 3.14. The monoisotopic (exact) mass is 530 g/mol. The summed E-state index contributed by atoms with van der Waals surface area (Å²) in [5.41, 5.74) is 1.75. The molecule has 0 aliphatic rings. The minimum atomic E-state index is -0.990.